The van der Waals surface area contributed by atoms with Gasteiger partial charge in [-0.05, 0) is 37.3 Å². The number of halogens is 1. The molecule has 1 amide bonds. The number of ether oxygens (including phenoxy) is 3. The second-order valence-corrected chi connectivity index (χ2v) is 7.10. The van der Waals surface area contributed by atoms with Gasteiger partial charge >= 0.3 is 0 Å². The molecule has 1 aliphatic rings. The van der Waals surface area contributed by atoms with Crippen LogP contribution in [0.15, 0.2) is 36.4 Å². The van der Waals surface area contributed by atoms with Gasteiger partial charge in [0.15, 0.2) is 0 Å². The molecule has 7 nitrogen and oxygen atoms in total. The fraction of sp³-hybridized carbons (Fsp3) is 0.381. The number of nitrogens with one attached hydrogen (secondary N) is 2. The molecule has 0 saturated carbocycles. The fourth-order valence-corrected chi connectivity index (χ4v) is 3.34. The first-order valence-electron chi connectivity index (χ1n) is 9.43. The van der Waals surface area contributed by atoms with E-state index in [1.165, 1.54) is 7.11 Å². The number of carbonyl (C=O) groups excluding carboxylic acids is 1. The van der Waals surface area contributed by atoms with Crippen molar-refractivity contribution >= 4 is 34.6 Å². The summed E-state index contributed by atoms with van der Waals surface area (Å²) in [6.07, 6.45) is 0. The maximum atomic E-state index is 12.6. The second kappa shape index (κ2) is 9.71. The number of methoxy groups -OCH3 is 2. The Bertz CT molecular complexity index is 839. The van der Waals surface area contributed by atoms with E-state index in [1.54, 1.807) is 26.2 Å². The standard InChI is InChI=1S/C21H26ClN3O4/c1-14(23-18-12-17(22)19(27-2)13-20(18)28-3)21(26)24-15-4-6-16(7-5-15)25-8-10-29-11-9-25/h4-7,12-14,23H,8-11H2,1-3H3,(H,24,26)/t14-/m1/s1. The minimum atomic E-state index is -0.507. The van der Waals surface area contributed by atoms with Gasteiger partial charge in [-0.15, -0.1) is 0 Å². The Kier molecular flexibility index (Phi) is 7.06. The molecule has 1 aliphatic heterocycles. The number of benzene rings is 2. The summed E-state index contributed by atoms with van der Waals surface area (Å²) < 4.78 is 15.9. The highest BCUT2D eigenvalue weighted by Crippen LogP contribution is 2.36. The molecule has 8 heteroatoms. The van der Waals surface area contributed by atoms with Crippen LogP contribution in [-0.2, 0) is 9.53 Å². The molecule has 0 spiro atoms. The van der Waals surface area contributed by atoms with Crippen molar-refractivity contribution in [3.63, 3.8) is 0 Å². The first-order chi connectivity index (χ1) is 14.0. The molecular weight excluding hydrogens is 394 g/mol. The number of anilines is 3. The van der Waals surface area contributed by atoms with Gasteiger partial charge in [-0.3, -0.25) is 4.79 Å². The monoisotopic (exact) mass is 419 g/mol. The second-order valence-electron chi connectivity index (χ2n) is 6.69. The minimum Gasteiger partial charge on any atom is -0.495 e. The van der Waals surface area contributed by atoms with Crippen LogP contribution in [0.3, 0.4) is 0 Å². The third kappa shape index (κ3) is 5.25. The van der Waals surface area contributed by atoms with E-state index in [0.717, 1.165) is 37.7 Å². The highest BCUT2D eigenvalue weighted by molar-refractivity contribution is 6.32. The Labute approximate surface area is 175 Å². The Morgan fingerprint density at radius 2 is 1.76 bits per heavy atom. The highest BCUT2D eigenvalue weighted by Gasteiger charge is 2.17. The zero-order valence-electron chi connectivity index (χ0n) is 16.8. The van der Waals surface area contributed by atoms with Crippen LogP contribution in [-0.4, -0.2) is 52.5 Å². The third-order valence-electron chi connectivity index (χ3n) is 4.75. The minimum absolute atomic E-state index is 0.168. The number of rotatable bonds is 7. The number of carbonyl (C=O) groups is 1. The highest BCUT2D eigenvalue weighted by atomic mass is 35.5. The first-order valence-corrected chi connectivity index (χ1v) is 9.81. The SMILES string of the molecule is COc1cc(OC)c(N[C@H](C)C(=O)Nc2ccc(N3CCOCC3)cc2)cc1Cl. The molecular formula is C21H26ClN3O4. The topological polar surface area (TPSA) is 72.1 Å². The zero-order chi connectivity index (χ0) is 20.8. The molecule has 0 bridgehead atoms. The first kappa shape index (κ1) is 21.1. The lowest BCUT2D eigenvalue weighted by Gasteiger charge is -2.29. The van der Waals surface area contributed by atoms with E-state index in [2.05, 4.69) is 15.5 Å². The van der Waals surface area contributed by atoms with E-state index < -0.39 is 6.04 Å². The maximum absolute atomic E-state index is 12.6. The van der Waals surface area contributed by atoms with Crippen molar-refractivity contribution in [2.75, 3.05) is 56.1 Å². The van der Waals surface area contributed by atoms with Crippen LogP contribution in [0.5, 0.6) is 11.5 Å². The Balaban J connectivity index is 1.62. The van der Waals surface area contributed by atoms with Gasteiger partial charge in [-0.1, -0.05) is 11.6 Å². The lowest BCUT2D eigenvalue weighted by Crippen LogP contribution is -2.36. The average molecular weight is 420 g/mol. The van der Waals surface area contributed by atoms with E-state index in [1.807, 2.05) is 24.3 Å². The molecule has 0 radical (unpaired) electrons. The summed E-state index contributed by atoms with van der Waals surface area (Å²) in [5, 5.41) is 6.49. The van der Waals surface area contributed by atoms with Crippen LogP contribution < -0.4 is 25.0 Å². The molecule has 0 aromatic heterocycles. The number of morpholine rings is 1. The Morgan fingerprint density at radius 3 is 2.38 bits per heavy atom. The van der Waals surface area contributed by atoms with Crippen LogP contribution in [0.4, 0.5) is 17.1 Å². The van der Waals surface area contributed by atoms with Crippen molar-refractivity contribution in [3.05, 3.63) is 41.4 Å². The van der Waals surface area contributed by atoms with Crippen LogP contribution >= 0.6 is 11.6 Å². The van der Waals surface area contributed by atoms with Crippen LogP contribution in [0.1, 0.15) is 6.92 Å². The summed E-state index contributed by atoms with van der Waals surface area (Å²) in [7, 11) is 3.09. The van der Waals surface area contributed by atoms with Crippen molar-refractivity contribution in [2.45, 2.75) is 13.0 Å². The molecule has 3 rings (SSSR count). The molecule has 2 aromatic rings. The lowest BCUT2D eigenvalue weighted by atomic mass is 10.2. The quantitative estimate of drug-likeness (QED) is 0.714. The molecule has 1 atom stereocenters. The third-order valence-corrected chi connectivity index (χ3v) is 5.05. The van der Waals surface area contributed by atoms with Gasteiger partial charge < -0.3 is 29.7 Å². The number of nitrogens with zero attached hydrogens (tertiary/aromatic N) is 1. The molecule has 1 heterocycles. The van der Waals surface area contributed by atoms with E-state index in [9.17, 15) is 4.79 Å². The van der Waals surface area contributed by atoms with Crippen molar-refractivity contribution in [2.24, 2.45) is 0 Å². The molecule has 29 heavy (non-hydrogen) atoms. The van der Waals surface area contributed by atoms with E-state index in [4.69, 9.17) is 25.8 Å². The van der Waals surface area contributed by atoms with Gasteiger partial charge in [-0.25, -0.2) is 0 Å². The van der Waals surface area contributed by atoms with Crippen molar-refractivity contribution in [1.29, 1.82) is 0 Å². The van der Waals surface area contributed by atoms with Crippen molar-refractivity contribution < 1.29 is 19.0 Å². The van der Waals surface area contributed by atoms with Gasteiger partial charge in [-0.2, -0.15) is 0 Å². The largest absolute Gasteiger partial charge is 0.495 e. The van der Waals surface area contributed by atoms with Gasteiger partial charge in [0.05, 0.1) is 38.1 Å². The predicted molar refractivity (Wildman–Crippen MR) is 116 cm³/mol. The van der Waals surface area contributed by atoms with E-state index in [0.29, 0.717) is 22.2 Å². The van der Waals surface area contributed by atoms with Gasteiger partial charge in [0.25, 0.3) is 0 Å². The molecule has 0 unspecified atom stereocenters. The zero-order valence-corrected chi connectivity index (χ0v) is 17.6. The van der Waals surface area contributed by atoms with Gasteiger partial charge in [0, 0.05) is 30.5 Å². The average Bonchev–Trinajstić information content (AvgIpc) is 2.75. The van der Waals surface area contributed by atoms with Crippen molar-refractivity contribution in [1.82, 2.24) is 0 Å². The van der Waals surface area contributed by atoms with E-state index in [-0.39, 0.29) is 5.91 Å². The predicted octanol–water partition coefficient (Wildman–Crippen LogP) is 3.63. The fourth-order valence-electron chi connectivity index (χ4n) is 3.10. The molecule has 2 N–H and O–H groups in total. The summed E-state index contributed by atoms with van der Waals surface area (Å²) in [6, 6.07) is 10.7. The van der Waals surface area contributed by atoms with Gasteiger partial charge in [0.1, 0.15) is 17.5 Å². The number of hydrogen-bond donors (Lipinski definition) is 2. The van der Waals surface area contributed by atoms with Crippen LogP contribution in [0.2, 0.25) is 5.02 Å². The smallest absolute Gasteiger partial charge is 0.246 e. The summed E-state index contributed by atoms with van der Waals surface area (Å²) in [5.41, 5.74) is 2.47. The Hall–Kier alpha value is -2.64. The number of amides is 1. The molecule has 156 valence electrons. The normalized spacial score (nSPS) is 14.8. The van der Waals surface area contributed by atoms with Gasteiger partial charge in [0.2, 0.25) is 5.91 Å². The molecule has 1 saturated heterocycles. The summed E-state index contributed by atoms with van der Waals surface area (Å²) >= 11 is 6.20. The van der Waals surface area contributed by atoms with Crippen LogP contribution in [0, 0.1) is 0 Å². The lowest BCUT2D eigenvalue weighted by molar-refractivity contribution is -0.116. The Morgan fingerprint density at radius 1 is 1.10 bits per heavy atom. The van der Waals surface area contributed by atoms with E-state index >= 15 is 0 Å². The maximum Gasteiger partial charge on any atom is 0.246 e. The summed E-state index contributed by atoms with van der Waals surface area (Å²) in [6.45, 7) is 4.99. The summed E-state index contributed by atoms with van der Waals surface area (Å²) in [5.74, 6) is 0.880. The van der Waals surface area contributed by atoms with Crippen LogP contribution in [0.25, 0.3) is 0 Å². The molecule has 2 aromatic carbocycles. The summed E-state index contributed by atoms with van der Waals surface area (Å²) in [4.78, 5) is 14.9. The van der Waals surface area contributed by atoms with Crippen molar-refractivity contribution in [3.8, 4) is 11.5 Å². The number of hydrogen-bond acceptors (Lipinski definition) is 6. The molecule has 0 aliphatic carbocycles. The molecule has 1 fully saturated rings.